The quantitative estimate of drug-likeness (QED) is 0.737. The van der Waals surface area contributed by atoms with Crippen molar-refractivity contribution in [2.24, 2.45) is 0 Å². The Morgan fingerprint density at radius 2 is 2.17 bits per heavy atom. The fourth-order valence-electron chi connectivity index (χ4n) is 3.13. The molecule has 1 aliphatic heterocycles. The molecule has 6 heteroatoms. The predicted octanol–water partition coefficient (Wildman–Crippen LogP) is 1.62. The molecule has 0 spiro atoms. The zero-order valence-electron chi connectivity index (χ0n) is 13.7. The van der Waals surface area contributed by atoms with Crippen molar-refractivity contribution in [2.45, 2.75) is 32.2 Å². The van der Waals surface area contributed by atoms with Gasteiger partial charge in [-0.2, -0.15) is 0 Å². The Labute approximate surface area is 143 Å². The molecule has 0 radical (unpaired) electrons. The van der Waals surface area contributed by atoms with Gasteiger partial charge in [-0.05, 0) is 31.5 Å². The van der Waals surface area contributed by atoms with Crippen LogP contribution < -0.4 is 10.2 Å². The number of anilines is 1. The second kappa shape index (κ2) is 9.11. The van der Waals surface area contributed by atoms with Crippen LogP contribution >= 0.6 is 11.6 Å². The number of quaternary nitrogens is 1. The summed E-state index contributed by atoms with van der Waals surface area (Å²) in [6.45, 7) is 6.21. The minimum absolute atomic E-state index is 0.0972. The highest BCUT2D eigenvalue weighted by atomic mass is 35.5. The van der Waals surface area contributed by atoms with Gasteiger partial charge < -0.3 is 20.2 Å². The molecule has 1 fully saturated rings. The zero-order chi connectivity index (χ0) is 16.7. The number of nitrogens with one attached hydrogen (secondary N) is 2. The van der Waals surface area contributed by atoms with Gasteiger partial charge in [0.2, 0.25) is 0 Å². The Bertz CT molecular complexity index is 504. The summed E-state index contributed by atoms with van der Waals surface area (Å²) in [5.74, 6) is 0. The predicted molar refractivity (Wildman–Crippen MR) is 93.1 cm³/mol. The number of nitrogens with zero attached hydrogens (tertiary/aromatic N) is 1. The lowest BCUT2D eigenvalue weighted by molar-refractivity contribution is -0.903. The molecule has 0 saturated carbocycles. The number of likely N-dealkylation sites (tertiary alicyclic amines) is 1. The minimum atomic E-state index is -0.106. The van der Waals surface area contributed by atoms with Crippen LogP contribution in [0.25, 0.3) is 0 Å². The summed E-state index contributed by atoms with van der Waals surface area (Å²) < 4.78 is 0. The number of aliphatic hydroxyl groups is 1. The molecule has 0 atom stereocenters. The standard InChI is InChI=1S/C17H26ClN3O2/c1-2-20-10-7-16(8-11-20)21(9-4-12-22)17(23)19-15-6-3-5-14(18)13-15/h3,5-6,13,16,22H,2,4,7-12H2,1H3,(H,19,23)/p+1. The van der Waals surface area contributed by atoms with Gasteiger partial charge in [0.1, 0.15) is 0 Å². The van der Waals surface area contributed by atoms with Crippen molar-refractivity contribution in [2.75, 3.05) is 38.1 Å². The summed E-state index contributed by atoms with van der Waals surface area (Å²) in [5, 5.41) is 12.7. The highest BCUT2D eigenvalue weighted by Gasteiger charge is 2.29. The third-order valence-corrected chi connectivity index (χ3v) is 4.73. The topological polar surface area (TPSA) is 57.0 Å². The van der Waals surface area contributed by atoms with Crippen LogP contribution in [0.3, 0.4) is 0 Å². The van der Waals surface area contributed by atoms with Crippen molar-refractivity contribution in [1.29, 1.82) is 0 Å². The van der Waals surface area contributed by atoms with E-state index in [9.17, 15) is 4.79 Å². The highest BCUT2D eigenvalue weighted by molar-refractivity contribution is 6.30. The van der Waals surface area contributed by atoms with Gasteiger partial charge in [-0.25, -0.2) is 4.79 Å². The first kappa shape index (κ1) is 18.0. The van der Waals surface area contributed by atoms with Gasteiger partial charge in [-0.3, -0.25) is 0 Å². The van der Waals surface area contributed by atoms with Gasteiger partial charge in [0.05, 0.1) is 19.6 Å². The summed E-state index contributed by atoms with van der Waals surface area (Å²) in [4.78, 5) is 16.1. The fraction of sp³-hybridized carbons (Fsp3) is 0.588. The molecule has 1 heterocycles. The largest absolute Gasteiger partial charge is 0.396 e. The molecule has 3 N–H and O–H groups in total. The monoisotopic (exact) mass is 340 g/mol. The van der Waals surface area contributed by atoms with E-state index in [4.69, 9.17) is 16.7 Å². The maximum absolute atomic E-state index is 12.7. The van der Waals surface area contributed by atoms with Gasteiger partial charge in [-0.1, -0.05) is 17.7 Å². The molecule has 5 nitrogen and oxygen atoms in total. The lowest BCUT2D eigenvalue weighted by Gasteiger charge is -2.36. The zero-order valence-corrected chi connectivity index (χ0v) is 14.5. The molecule has 1 aliphatic rings. The molecule has 1 saturated heterocycles. The number of amides is 2. The first-order valence-corrected chi connectivity index (χ1v) is 8.79. The summed E-state index contributed by atoms with van der Waals surface area (Å²) in [6, 6.07) is 7.32. The molecule has 1 aromatic rings. The fourth-order valence-corrected chi connectivity index (χ4v) is 3.32. The molecular weight excluding hydrogens is 314 g/mol. The average Bonchev–Trinajstić information content (AvgIpc) is 2.56. The number of aliphatic hydroxyl groups excluding tert-OH is 1. The normalized spacial score (nSPS) is 21.0. The number of hydrogen-bond acceptors (Lipinski definition) is 2. The molecule has 0 aliphatic carbocycles. The minimum Gasteiger partial charge on any atom is -0.396 e. The Balaban J connectivity index is 2.00. The summed E-state index contributed by atoms with van der Waals surface area (Å²) in [6.07, 6.45) is 2.62. The second-order valence-corrected chi connectivity index (χ2v) is 6.48. The number of hydrogen-bond donors (Lipinski definition) is 3. The van der Waals surface area contributed by atoms with Crippen LogP contribution in [0.2, 0.25) is 5.02 Å². The maximum Gasteiger partial charge on any atom is 0.322 e. The Morgan fingerprint density at radius 3 is 2.78 bits per heavy atom. The van der Waals surface area contributed by atoms with E-state index in [1.54, 1.807) is 17.0 Å². The first-order valence-electron chi connectivity index (χ1n) is 8.41. The molecular formula is C17H27ClN3O2+. The van der Waals surface area contributed by atoms with E-state index in [1.165, 1.54) is 0 Å². The Hall–Kier alpha value is -1.30. The van der Waals surface area contributed by atoms with Gasteiger partial charge in [0, 0.05) is 42.7 Å². The van der Waals surface area contributed by atoms with Gasteiger partial charge in [0.15, 0.2) is 0 Å². The number of carbonyl (C=O) groups excluding carboxylic acids is 1. The number of carbonyl (C=O) groups is 1. The van der Waals surface area contributed by atoms with Crippen LogP contribution in [0, 0.1) is 0 Å². The third kappa shape index (κ3) is 5.37. The maximum atomic E-state index is 12.7. The molecule has 0 aromatic heterocycles. The summed E-state index contributed by atoms with van der Waals surface area (Å²) >= 11 is 5.97. The van der Waals surface area contributed by atoms with Crippen molar-refractivity contribution in [3.8, 4) is 0 Å². The van der Waals surface area contributed by atoms with Gasteiger partial charge in [-0.15, -0.1) is 0 Å². The first-order chi connectivity index (χ1) is 11.1. The van der Waals surface area contributed by atoms with Crippen LogP contribution in [-0.2, 0) is 0 Å². The van der Waals surface area contributed by atoms with E-state index < -0.39 is 0 Å². The van der Waals surface area contributed by atoms with E-state index in [-0.39, 0.29) is 18.7 Å². The molecule has 2 amide bonds. The second-order valence-electron chi connectivity index (χ2n) is 6.05. The van der Waals surface area contributed by atoms with Crippen molar-refractivity contribution in [3.63, 3.8) is 0 Å². The van der Waals surface area contributed by atoms with Crippen LogP contribution in [-0.4, -0.2) is 54.9 Å². The molecule has 0 unspecified atom stereocenters. The Kier molecular flexibility index (Phi) is 7.15. The number of halogens is 1. The number of rotatable bonds is 6. The van der Waals surface area contributed by atoms with Crippen molar-refractivity contribution in [1.82, 2.24) is 4.90 Å². The van der Waals surface area contributed by atoms with E-state index in [2.05, 4.69) is 12.2 Å². The molecule has 128 valence electrons. The van der Waals surface area contributed by atoms with Crippen LogP contribution in [0.1, 0.15) is 26.2 Å². The highest BCUT2D eigenvalue weighted by Crippen LogP contribution is 2.17. The SMILES string of the molecule is CC[NH+]1CCC(N(CCCO)C(=O)Nc2cccc(Cl)c2)CC1. The van der Waals surface area contributed by atoms with Crippen LogP contribution in [0.15, 0.2) is 24.3 Å². The van der Waals surface area contributed by atoms with Crippen molar-refractivity contribution < 1.29 is 14.8 Å². The molecule has 2 rings (SSSR count). The number of piperidine rings is 1. The molecule has 0 bridgehead atoms. The van der Waals surface area contributed by atoms with E-state index in [0.29, 0.717) is 23.7 Å². The smallest absolute Gasteiger partial charge is 0.322 e. The van der Waals surface area contributed by atoms with E-state index >= 15 is 0 Å². The Morgan fingerprint density at radius 1 is 1.43 bits per heavy atom. The summed E-state index contributed by atoms with van der Waals surface area (Å²) in [5.41, 5.74) is 0.702. The third-order valence-electron chi connectivity index (χ3n) is 4.50. The number of benzene rings is 1. The van der Waals surface area contributed by atoms with Crippen LogP contribution in [0.4, 0.5) is 10.5 Å². The van der Waals surface area contributed by atoms with Crippen molar-refractivity contribution >= 4 is 23.3 Å². The van der Waals surface area contributed by atoms with Gasteiger partial charge in [0.25, 0.3) is 0 Å². The molecule has 1 aromatic carbocycles. The number of urea groups is 1. The lowest BCUT2D eigenvalue weighted by atomic mass is 10.0. The van der Waals surface area contributed by atoms with E-state index in [0.717, 1.165) is 32.5 Å². The van der Waals surface area contributed by atoms with Gasteiger partial charge >= 0.3 is 6.03 Å². The lowest BCUT2D eigenvalue weighted by Crippen LogP contribution is -3.13. The summed E-state index contributed by atoms with van der Waals surface area (Å²) in [7, 11) is 0. The van der Waals surface area contributed by atoms with Crippen molar-refractivity contribution in [3.05, 3.63) is 29.3 Å². The molecule has 23 heavy (non-hydrogen) atoms. The average molecular weight is 341 g/mol. The van der Waals surface area contributed by atoms with E-state index in [1.807, 2.05) is 17.0 Å². The van der Waals surface area contributed by atoms with Crippen LogP contribution in [0.5, 0.6) is 0 Å².